The van der Waals surface area contributed by atoms with Crippen LogP contribution in [0.1, 0.15) is 465 Å². The van der Waals surface area contributed by atoms with E-state index in [1.54, 1.807) is 0 Å². The molecule has 0 saturated heterocycles. The number of aliphatic hydroxyl groups excluding tert-OH is 1. The van der Waals surface area contributed by atoms with Crippen LogP contribution in [0.5, 0.6) is 0 Å². The summed E-state index contributed by atoms with van der Waals surface area (Å²) in [5.74, 6) is -0.524. The van der Waals surface area contributed by atoms with Crippen molar-refractivity contribution in [2.75, 3.05) is 39.6 Å². The largest absolute Gasteiger partial charge is 0.472 e. The highest BCUT2D eigenvalue weighted by atomic mass is 31.2. The zero-order valence-corrected chi connectivity index (χ0v) is 71.5. The highest BCUT2D eigenvalue weighted by Gasteiger charge is 2.30. The molecule has 0 aliphatic carbocycles. The van der Waals surface area contributed by atoms with Crippen LogP contribution < -0.4 is 0 Å². The molecule has 0 heterocycles. The zero-order valence-electron chi connectivity index (χ0n) is 69.7. The zero-order chi connectivity index (χ0) is 77.8. The first-order valence-electron chi connectivity index (χ1n) is 45.0. The second kappa shape index (κ2) is 78.3. The fourth-order valence-corrected chi connectivity index (χ4v) is 15.1. The molecule has 0 rings (SSSR count). The van der Waals surface area contributed by atoms with Gasteiger partial charge in [0.05, 0.1) is 26.4 Å². The highest BCUT2D eigenvalue weighted by molar-refractivity contribution is 7.47. The topological polar surface area (TPSA) is 237 Å². The smallest absolute Gasteiger partial charge is 0.462 e. The Morgan fingerprint density at radius 1 is 0.274 bits per heavy atom. The molecule has 0 aromatic carbocycles. The van der Waals surface area contributed by atoms with E-state index in [2.05, 4.69) is 41.5 Å². The van der Waals surface area contributed by atoms with Gasteiger partial charge in [-0.15, -0.1) is 0 Å². The summed E-state index contributed by atoms with van der Waals surface area (Å²) in [4.78, 5) is 73.3. The van der Waals surface area contributed by atoms with Crippen LogP contribution in [0.3, 0.4) is 0 Å². The van der Waals surface area contributed by atoms with Gasteiger partial charge in [0.1, 0.15) is 19.3 Å². The first-order valence-corrected chi connectivity index (χ1v) is 48.0. The van der Waals surface area contributed by atoms with Gasteiger partial charge in [-0.1, -0.05) is 414 Å². The lowest BCUT2D eigenvalue weighted by atomic mass is 9.99. The highest BCUT2D eigenvalue weighted by Crippen LogP contribution is 2.45. The van der Waals surface area contributed by atoms with Gasteiger partial charge in [-0.05, 0) is 37.5 Å². The van der Waals surface area contributed by atoms with Crippen molar-refractivity contribution in [1.29, 1.82) is 0 Å². The van der Waals surface area contributed by atoms with Crippen LogP contribution in [-0.4, -0.2) is 96.7 Å². The van der Waals surface area contributed by atoms with Crippen molar-refractivity contribution in [2.24, 2.45) is 11.8 Å². The normalized spacial score (nSPS) is 14.1. The molecule has 0 aliphatic heterocycles. The van der Waals surface area contributed by atoms with Crippen molar-refractivity contribution in [2.45, 2.75) is 484 Å². The van der Waals surface area contributed by atoms with Gasteiger partial charge in [0.25, 0.3) is 0 Å². The van der Waals surface area contributed by atoms with Crippen molar-refractivity contribution in [1.82, 2.24) is 0 Å². The van der Waals surface area contributed by atoms with E-state index in [1.807, 2.05) is 0 Å². The first kappa shape index (κ1) is 104. The summed E-state index contributed by atoms with van der Waals surface area (Å²) in [6, 6.07) is 0. The molecule has 0 bridgehead atoms. The number of phosphoric ester groups is 2. The molecule has 106 heavy (non-hydrogen) atoms. The summed E-state index contributed by atoms with van der Waals surface area (Å²) < 4.78 is 69.0. The number of ether oxygens (including phenoxy) is 4. The standard InChI is InChI=1S/C87H170O17P2/c1-7-10-12-14-16-18-20-22-24-26-28-30-32-38-42-46-54-60-66-71-86(91)103-82(75-97-84(89)69-63-57-51-44-40-36-34-33-35-39-43-50-56-62-68-80(6)9-3)77-101-105(93,94)99-73-81(88)74-100-106(95,96)102-78-83(76-98-85(90)70-64-58-52-48-47-49-55-61-67-79(4)5)104-87(92)72-65-59-53-45-41-37-31-29-27-25-23-21-19-17-15-13-11-8-2/h79-83,88H,7-78H2,1-6H3,(H,93,94)(H,95,96)/t80?,81-,82-,83-/m1/s1. The third kappa shape index (κ3) is 78.7. The summed E-state index contributed by atoms with van der Waals surface area (Å²) in [7, 11) is -9.93. The molecular weight excluding hydrogens is 1380 g/mol. The molecule has 0 radical (unpaired) electrons. The number of carbonyl (C=O) groups excluding carboxylic acids is 4. The maximum absolute atomic E-state index is 13.2. The van der Waals surface area contributed by atoms with E-state index < -0.39 is 97.5 Å². The molecule has 0 spiro atoms. The van der Waals surface area contributed by atoms with Gasteiger partial charge >= 0.3 is 39.5 Å². The molecule has 0 aromatic rings. The molecule has 0 aliphatic rings. The molecule has 0 fully saturated rings. The number of carbonyl (C=O) groups is 4. The Morgan fingerprint density at radius 3 is 0.717 bits per heavy atom. The maximum Gasteiger partial charge on any atom is 0.472 e. The molecule has 3 N–H and O–H groups in total. The van der Waals surface area contributed by atoms with Crippen molar-refractivity contribution in [3.8, 4) is 0 Å². The van der Waals surface area contributed by atoms with Gasteiger partial charge in [-0.25, -0.2) is 9.13 Å². The van der Waals surface area contributed by atoms with E-state index in [-0.39, 0.29) is 25.7 Å². The van der Waals surface area contributed by atoms with Crippen LogP contribution in [0.25, 0.3) is 0 Å². The minimum atomic E-state index is -4.97. The Hall–Kier alpha value is -1.94. The first-order chi connectivity index (χ1) is 51.4. The van der Waals surface area contributed by atoms with Crippen LogP contribution in [0.4, 0.5) is 0 Å². The summed E-state index contributed by atoms with van der Waals surface area (Å²) in [6.45, 7) is 9.70. The van der Waals surface area contributed by atoms with E-state index in [9.17, 15) is 43.2 Å². The second-order valence-electron chi connectivity index (χ2n) is 32.0. The molecular formula is C87H170O17P2. The quantitative estimate of drug-likeness (QED) is 0.0222. The fraction of sp³-hybridized carbons (Fsp3) is 0.954. The lowest BCUT2D eigenvalue weighted by molar-refractivity contribution is -0.161. The summed E-state index contributed by atoms with van der Waals surface area (Å²) in [5.41, 5.74) is 0. The molecule has 6 atom stereocenters. The number of rotatable bonds is 86. The molecule has 19 heteroatoms. The molecule has 0 amide bonds. The van der Waals surface area contributed by atoms with Crippen LogP contribution in [0.15, 0.2) is 0 Å². The van der Waals surface area contributed by atoms with Gasteiger partial charge in [0, 0.05) is 25.7 Å². The number of aliphatic hydroxyl groups is 1. The number of unbranched alkanes of at least 4 members (excludes halogenated alkanes) is 55. The van der Waals surface area contributed by atoms with Crippen molar-refractivity contribution in [3.63, 3.8) is 0 Å². The lowest BCUT2D eigenvalue weighted by Crippen LogP contribution is -2.30. The number of esters is 4. The van der Waals surface area contributed by atoms with Gasteiger partial charge < -0.3 is 33.8 Å². The van der Waals surface area contributed by atoms with Crippen molar-refractivity contribution < 1.29 is 80.2 Å². The Labute approximate surface area is 651 Å². The maximum atomic E-state index is 13.2. The van der Waals surface area contributed by atoms with Crippen LogP contribution >= 0.6 is 15.6 Å². The third-order valence-corrected chi connectivity index (χ3v) is 22.7. The van der Waals surface area contributed by atoms with E-state index in [0.717, 1.165) is 102 Å². The number of hydrogen-bond donors (Lipinski definition) is 3. The molecule has 630 valence electrons. The van der Waals surface area contributed by atoms with Crippen LogP contribution in [0.2, 0.25) is 0 Å². The van der Waals surface area contributed by atoms with Gasteiger partial charge in [-0.2, -0.15) is 0 Å². The van der Waals surface area contributed by atoms with Crippen LogP contribution in [-0.2, 0) is 65.4 Å². The van der Waals surface area contributed by atoms with E-state index >= 15 is 0 Å². The summed E-state index contributed by atoms with van der Waals surface area (Å²) in [5, 5.41) is 10.7. The fourth-order valence-electron chi connectivity index (χ4n) is 13.6. The summed E-state index contributed by atoms with van der Waals surface area (Å²) in [6.07, 6.45) is 70.8. The van der Waals surface area contributed by atoms with Crippen LogP contribution in [0, 0.1) is 11.8 Å². The monoisotopic (exact) mass is 1550 g/mol. The lowest BCUT2D eigenvalue weighted by Gasteiger charge is -2.21. The number of hydrogen-bond acceptors (Lipinski definition) is 15. The molecule has 0 aromatic heterocycles. The minimum absolute atomic E-state index is 0.108. The van der Waals surface area contributed by atoms with Gasteiger partial charge in [0.15, 0.2) is 12.2 Å². The second-order valence-corrected chi connectivity index (χ2v) is 34.9. The average Bonchev–Trinajstić information content (AvgIpc) is 0.905. The Balaban J connectivity index is 5.25. The minimum Gasteiger partial charge on any atom is -0.462 e. The van der Waals surface area contributed by atoms with E-state index in [0.29, 0.717) is 25.7 Å². The van der Waals surface area contributed by atoms with Crippen molar-refractivity contribution in [3.05, 3.63) is 0 Å². The predicted molar refractivity (Wildman–Crippen MR) is 437 cm³/mol. The average molecular weight is 1550 g/mol. The van der Waals surface area contributed by atoms with Gasteiger partial charge in [0.2, 0.25) is 0 Å². The number of phosphoric acid groups is 2. The summed E-state index contributed by atoms with van der Waals surface area (Å²) >= 11 is 0. The van der Waals surface area contributed by atoms with Crippen molar-refractivity contribution >= 4 is 39.5 Å². The van der Waals surface area contributed by atoms with E-state index in [4.69, 9.17) is 37.0 Å². The third-order valence-electron chi connectivity index (χ3n) is 20.8. The Kier molecular flexibility index (Phi) is 76.9. The van der Waals surface area contributed by atoms with Gasteiger partial charge in [-0.3, -0.25) is 37.3 Å². The van der Waals surface area contributed by atoms with E-state index in [1.165, 1.54) is 283 Å². The predicted octanol–water partition coefficient (Wildman–Crippen LogP) is 26.6. The molecule has 3 unspecified atom stereocenters. The SMILES string of the molecule is CCCCCCCCCCCCCCCCCCCCCC(=O)O[C@H](COC(=O)CCCCCCCCCCCCCCCCC(C)CC)COP(=O)(O)OC[C@@H](O)COP(=O)(O)OC[C@@H](COC(=O)CCCCCCCCCCC(C)C)OC(=O)CCCCCCCCCCCCCCCCCCCC. The Morgan fingerprint density at radius 2 is 0.481 bits per heavy atom. The molecule has 17 nitrogen and oxygen atoms in total. The Bertz CT molecular complexity index is 2030. The molecule has 0 saturated carbocycles.